The van der Waals surface area contributed by atoms with E-state index in [9.17, 15) is 9.59 Å². The van der Waals surface area contributed by atoms with Gasteiger partial charge in [0.15, 0.2) is 0 Å². The number of hydrogen-bond donors (Lipinski definition) is 0. The summed E-state index contributed by atoms with van der Waals surface area (Å²) in [6, 6.07) is 0. The molecule has 1 fully saturated rings. The van der Waals surface area contributed by atoms with Gasteiger partial charge in [-0.3, -0.25) is 4.79 Å². The minimum atomic E-state index is -0.196. The number of methoxy groups -OCH3 is 1. The van der Waals surface area contributed by atoms with Crippen LogP contribution in [0.2, 0.25) is 0 Å². The van der Waals surface area contributed by atoms with Gasteiger partial charge in [-0.05, 0) is 5.92 Å². The highest BCUT2D eigenvalue weighted by Gasteiger charge is 2.34. The van der Waals surface area contributed by atoms with Crippen LogP contribution in [0.3, 0.4) is 0 Å². The van der Waals surface area contributed by atoms with E-state index in [0.29, 0.717) is 12.8 Å². The average molecular weight is 170 g/mol. The van der Waals surface area contributed by atoms with Crippen molar-refractivity contribution >= 4 is 12.1 Å². The molecule has 1 rings (SSSR count). The lowest BCUT2D eigenvalue weighted by Crippen LogP contribution is -2.37. The zero-order chi connectivity index (χ0) is 9.14. The summed E-state index contributed by atoms with van der Waals surface area (Å²) < 4.78 is 5.08. The molecule has 0 unspecified atom stereocenters. The first-order chi connectivity index (χ1) is 5.69. The predicted octanol–water partition coefficient (Wildman–Crippen LogP) is 0.815. The Labute approximate surface area is 72.1 Å². The van der Waals surface area contributed by atoms with Crippen molar-refractivity contribution in [3.05, 3.63) is 0 Å². The van der Waals surface area contributed by atoms with Gasteiger partial charge in [-0.2, -0.15) is 0 Å². The summed E-state index contributed by atoms with van der Waals surface area (Å²) >= 11 is 0. The molecule has 3 atom stereocenters. The fourth-order valence-electron chi connectivity index (χ4n) is 1.77. The molecule has 68 valence electrons. The maximum atomic E-state index is 11.1. The van der Waals surface area contributed by atoms with Gasteiger partial charge in [0.2, 0.25) is 0 Å². The van der Waals surface area contributed by atoms with Crippen LogP contribution in [0, 0.1) is 11.8 Å². The van der Waals surface area contributed by atoms with E-state index in [2.05, 4.69) is 0 Å². The summed E-state index contributed by atoms with van der Waals surface area (Å²) in [5, 5.41) is 0. The fraction of sp³-hybridized carbons (Fsp3) is 0.778. The minimum Gasteiger partial charge on any atom is -0.380 e. The molecule has 0 aromatic heterocycles. The largest absolute Gasteiger partial charge is 0.380 e. The molecule has 1 aliphatic rings. The van der Waals surface area contributed by atoms with Crippen molar-refractivity contribution in [2.24, 2.45) is 11.8 Å². The molecule has 0 aliphatic heterocycles. The first kappa shape index (κ1) is 9.39. The Morgan fingerprint density at radius 3 is 2.67 bits per heavy atom. The summed E-state index contributed by atoms with van der Waals surface area (Å²) in [6.45, 7) is 1.92. The molecule has 0 spiro atoms. The molecule has 1 aliphatic carbocycles. The van der Waals surface area contributed by atoms with Gasteiger partial charge in [-0.25, -0.2) is 0 Å². The van der Waals surface area contributed by atoms with Crippen LogP contribution in [0.15, 0.2) is 0 Å². The van der Waals surface area contributed by atoms with Crippen molar-refractivity contribution in [1.29, 1.82) is 0 Å². The molecule has 0 radical (unpaired) electrons. The molecule has 0 bridgehead atoms. The minimum absolute atomic E-state index is 0.104. The van der Waals surface area contributed by atoms with Gasteiger partial charge in [0.25, 0.3) is 0 Å². The lowest BCUT2D eigenvalue weighted by molar-refractivity contribution is -0.132. The summed E-state index contributed by atoms with van der Waals surface area (Å²) in [7, 11) is 1.55. The Balaban J connectivity index is 2.69. The van der Waals surface area contributed by atoms with Gasteiger partial charge in [0.05, 0.1) is 6.10 Å². The van der Waals surface area contributed by atoms with E-state index in [1.54, 1.807) is 7.11 Å². The highest BCUT2D eigenvalue weighted by molar-refractivity contribution is 5.81. The van der Waals surface area contributed by atoms with Crippen molar-refractivity contribution in [3.63, 3.8) is 0 Å². The third-order valence-corrected chi connectivity index (χ3v) is 2.52. The second-order valence-electron chi connectivity index (χ2n) is 3.41. The first-order valence-corrected chi connectivity index (χ1v) is 4.18. The zero-order valence-electron chi connectivity index (χ0n) is 7.45. The smallest absolute Gasteiger partial charge is 0.135 e. The second-order valence-corrected chi connectivity index (χ2v) is 3.41. The van der Waals surface area contributed by atoms with E-state index in [1.165, 1.54) is 0 Å². The van der Waals surface area contributed by atoms with E-state index in [4.69, 9.17) is 4.74 Å². The van der Waals surface area contributed by atoms with Gasteiger partial charge < -0.3 is 9.53 Å². The van der Waals surface area contributed by atoms with Crippen molar-refractivity contribution < 1.29 is 14.3 Å². The predicted molar refractivity (Wildman–Crippen MR) is 43.8 cm³/mol. The topological polar surface area (TPSA) is 43.4 Å². The molecule has 3 heteroatoms. The van der Waals surface area contributed by atoms with E-state index < -0.39 is 0 Å². The number of aldehydes is 1. The maximum absolute atomic E-state index is 11.1. The molecule has 1 saturated carbocycles. The molecule has 0 N–H and O–H groups in total. The first-order valence-electron chi connectivity index (χ1n) is 4.18. The van der Waals surface area contributed by atoms with Crippen LogP contribution in [0.1, 0.15) is 19.8 Å². The van der Waals surface area contributed by atoms with E-state index in [0.717, 1.165) is 6.29 Å². The zero-order valence-corrected chi connectivity index (χ0v) is 7.45. The van der Waals surface area contributed by atoms with Gasteiger partial charge in [0.1, 0.15) is 12.1 Å². The number of ketones is 1. The van der Waals surface area contributed by atoms with Crippen LogP contribution in [-0.4, -0.2) is 25.3 Å². The number of carbonyl (C=O) groups is 2. The standard InChI is InChI=1S/C9H14O3/c1-6-3-7(11)4-9(12-2)8(6)5-10/h5-6,8-9H,3-4H2,1-2H3/t6-,8+,9+/m1/s1. The van der Waals surface area contributed by atoms with Crippen LogP contribution >= 0.6 is 0 Å². The molecule has 0 heterocycles. The Morgan fingerprint density at radius 1 is 1.50 bits per heavy atom. The van der Waals surface area contributed by atoms with Gasteiger partial charge in [0, 0.05) is 25.9 Å². The lowest BCUT2D eigenvalue weighted by atomic mass is 9.78. The van der Waals surface area contributed by atoms with E-state index in [1.807, 2.05) is 6.92 Å². The van der Waals surface area contributed by atoms with Crippen LogP contribution < -0.4 is 0 Å². The summed E-state index contributed by atoms with van der Waals surface area (Å²) in [6.07, 6.45) is 1.62. The average Bonchev–Trinajstić information content (AvgIpc) is 2.03. The van der Waals surface area contributed by atoms with E-state index in [-0.39, 0.29) is 23.7 Å². The summed E-state index contributed by atoms with van der Waals surface area (Å²) in [5.41, 5.74) is 0. The van der Waals surface area contributed by atoms with Crippen molar-refractivity contribution in [2.75, 3.05) is 7.11 Å². The van der Waals surface area contributed by atoms with E-state index >= 15 is 0 Å². The number of Topliss-reactive ketones (excluding diaryl/α,β-unsaturated/α-hetero) is 1. The molecular weight excluding hydrogens is 156 g/mol. The molecule has 0 amide bonds. The Morgan fingerprint density at radius 2 is 2.17 bits per heavy atom. The monoisotopic (exact) mass is 170 g/mol. The third-order valence-electron chi connectivity index (χ3n) is 2.52. The number of hydrogen-bond acceptors (Lipinski definition) is 3. The fourth-order valence-corrected chi connectivity index (χ4v) is 1.77. The van der Waals surface area contributed by atoms with Crippen LogP contribution in [0.5, 0.6) is 0 Å². The molecule has 0 aromatic rings. The van der Waals surface area contributed by atoms with Crippen LogP contribution in [0.4, 0.5) is 0 Å². The molecule has 0 saturated heterocycles. The lowest BCUT2D eigenvalue weighted by Gasteiger charge is -2.30. The molecular formula is C9H14O3. The molecule has 3 nitrogen and oxygen atoms in total. The molecule has 12 heavy (non-hydrogen) atoms. The van der Waals surface area contributed by atoms with Gasteiger partial charge in [-0.1, -0.05) is 6.92 Å². The Kier molecular flexibility index (Phi) is 2.98. The Hall–Kier alpha value is -0.700. The third kappa shape index (κ3) is 1.72. The Bertz CT molecular complexity index is 188. The maximum Gasteiger partial charge on any atom is 0.135 e. The number of rotatable bonds is 2. The highest BCUT2D eigenvalue weighted by atomic mass is 16.5. The van der Waals surface area contributed by atoms with Crippen LogP contribution in [-0.2, 0) is 14.3 Å². The van der Waals surface area contributed by atoms with Crippen LogP contribution in [0.25, 0.3) is 0 Å². The van der Waals surface area contributed by atoms with Crippen molar-refractivity contribution in [1.82, 2.24) is 0 Å². The normalized spacial score (nSPS) is 36.5. The number of ether oxygens (including phenoxy) is 1. The van der Waals surface area contributed by atoms with Crippen molar-refractivity contribution in [3.8, 4) is 0 Å². The van der Waals surface area contributed by atoms with Gasteiger partial charge >= 0.3 is 0 Å². The summed E-state index contributed by atoms with van der Waals surface area (Å²) in [5.74, 6) is 0.230. The number of carbonyl (C=O) groups excluding carboxylic acids is 2. The van der Waals surface area contributed by atoms with Crippen molar-refractivity contribution in [2.45, 2.75) is 25.9 Å². The second kappa shape index (κ2) is 3.81. The SMILES string of the molecule is CO[C@H]1CC(=O)C[C@@H](C)[C@@H]1C=O. The van der Waals surface area contributed by atoms with Gasteiger partial charge in [-0.15, -0.1) is 0 Å². The molecule has 0 aromatic carbocycles. The summed E-state index contributed by atoms with van der Waals surface area (Å²) in [4.78, 5) is 21.8. The quantitative estimate of drug-likeness (QED) is 0.576. The highest BCUT2D eigenvalue weighted by Crippen LogP contribution is 2.28.